The fraction of sp³-hybridized carbons (Fsp3) is 0.750. The zero-order valence-corrected chi connectivity index (χ0v) is 7.64. The molecule has 0 aromatic heterocycles. The molecule has 0 aromatic carbocycles. The van der Waals surface area contributed by atoms with Gasteiger partial charge in [-0.15, -0.1) is 0 Å². The summed E-state index contributed by atoms with van der Waals surface area (Å²) in [5, 5.41) is 2.92. The van der Waals surface area contributed by atoms with Crippen molar-refractivity contribution in [3.63, 3.8) is 0 Å². The van der Waals surface area contributed by atoms with Crippen LogP contribution in [0.5, 0.6) is 0 Å². The van der Waals surface area contributed by atoms with Crippen LogP contribution in [0, 0.1) is 0 Å². The molecule has 62 valence electrons. The molecule has 1 N–H and O–H groups in total. The van der Waals surface area contributed by atoms with Gasteiger partial charge in [-0.05, 0) is 6.92 Å². The van der Waals surface area contributed by atoms with E-state index in [-0.39, 0.29) is 6.23 Å². The summed E-state index contributed by atoms with van der Waals surface area (Å²) in [6.07, 6.45) is 3.61. The van der Waals surface area contributed by atoms with Gasteiger partial charge in [-0.3, -0.25) is 0 Å². The fourth-order valence-corrected chi connectivity index (χ4v) is 0.371. The summed E-state index contributed by atoms with van der Waals surface area (Å²) in [7, 11) is 0. The van der Waals surface area contributed by atoms with Gasteiger partial charge in [0.15, 0.2) is 6.23 Å². The van der Waals surface area contributed by atoms with E-state index >= 15 is 0 Å². The van der Waals surface area contributed by atoms with E-state index in [4.69, 9.17) is 4.74 Å². The van der Waals surface area contributed by atoms with E-state index in [9.17, 15) is 0 Å². The van der Waals surface area contributed by atoms with Crippen LogP contribution in [0.2, 0.25) is 0 Å². The molecule has 0 amide bonds. The minimum Gasteiger partial charge on any atom is -0.477 e. The second kappa shape index (κ2) is 11.2. The number of hydrogen-bond donors (Lipinski definition) is 1. The monoisotopic (exact) mass is 145 g/mol. The van der Waals surface area contributed by atoms with Crippen LogP contribution >= 0.6 is 0 Å². The predicted molar refractivity (Wildman–Crippen MR) is 45.5 cm³/mol. The SMILES string of the molecule is CC.CC.CC1NC=CO1. The van der Waals surface area contributed by atoms with Crippen molar-refractivity contribution >= 4 is 0 Å². The van der Waals surface area contributed by atoms with Crippen molar-refractivity contribution in [2.24, 2.45) is 0 Å². The molecule has 0 aliphatic carbocycles. The normalized spacial score (nSPS) is 18.7. The first-order chi connectivity index (χ1) is 4.89. The second-order valence-electron chi connectivity index (χ2n) is 1.25. The molecule has 0 saturated carbocycles. The van der Waals surface area contributed by atoms with Crippen molar-refractivity contribution in [1.29, 1.82) is 0 Å². The molecule has 0 spiro atoms. The molecule has 1 aliphatic rings. The lowest BCUT2D eigenvalue weighted by atomic mass is 10.7. The van der Waals surface area contributed by atoms with Crippen molar-refractivity contribution in [3.8, 4) is 0 Å². The minimum absolute atomic E-state index is 0.185. The van der Waals surface area contributed by atoms with Crippen LogP contribution in [0.4, 0.5) is 0 Å². The molecule has 10 heavy (non-hydrogen) atoms. The average molecular weight is 145 g/mol. The van der Waals surface area contributed by atoms with Crippen molar-refractivity contribution in [1.82, 2.24) is 5.32 Å². The van der Waals surface area contributed by atoms with E-state index in [1.165, 1.54) is 0 Å². The standard InChI is InChI=1S/C4H7NO.2C2H6/c1-4-5-2-3-6-4;2*1-2/h2-5H,1H3;2*1-2H3. The van der Waals surface area contributed by atoms with Crippen LogP contribution in [0.3, 0.4) is 0 Å². The molecule has 1 rings (SSSR count). The Morgan fingerprint density at radius 1 is 1.20 bits per heavy atom. The molecule has 0 saturated heterocycles. The third-order valence-corrected chi connectivity index (χ3v) is 0.682. The number of nitrogens with one attached hydrogen (secondary N) is 1. The topological polar surface area (TPSA) is 21.3 Å². The van der Waals surface area contributed by atoms with Gasteiger partial charge in [0.1, 0.15) is 6.26 Å². The van der Waals surface area contributed by atoms with Crippen molar-refractivity contribution in [2.75, 3.05) is 0 Å². The molecule has 1 heterocycles. The van der Waals surface area contributed by atoms with Crippen LogP contribution in [0.25, 0.3) is 0 Å². The number of hydrogen-bond acceptors (Lipinski definition) is 2. The molecule has 1 aliphatic heterocycles. The molecular weight excluding hydrogens is 126 g/mol. The van der Waals surface area contributed by atoms with Gasteiger partial charge in [0.2, 0.25) is 0 Å². The van der Waals surface area contributed by atoms with E-state index in [0.29, 0.717) is 0 Å². The lowest BCUT2D eigenvalue weighted by Crippen LogP contribution is -2.14. The summed E-state index contributed by atoms with van der Waals surface area (Å²) in [6, 6.07) is 0. The number of rotatable bonds is 0. The maximum absolute atomic E-state index is 4.86. The van der Waals surface area contributed by atoms with Gasteiger partial charge >= 0.3 is 0 Å². The van der Waals surface area contributed by atoms with Crippen LogP contribution in [-0.2, 0) is 4.74 Å². The molecular formula is C8H19NO. The highest BCUT2D eigenvalue weighted by Crippen LogP contribution is 1.91. The first kappa shape index (κ1) is 12.1. The summed E-state index contributed by atoms with van der Waals surface area (Å²) in [6.45, 7) is 9.94. The summed E-state index contributed by atoms with van der Waals surface area (Å²) >= 11 is 0. The van der Waals surface area contributed by atoms with Gasteiger partial charge in [-0.2, -0.15) is 0 Å². The molecule has 1 atom stereocenters. The quantitative estimate of drug-likeness (QED) is 0.565. The van der Waals surface area contributed by atoms with E-state index in [1.807, 2.05) is 34.6 Å². The van der Waals surface area contributed by atoms with Gasteiger partial charge in [0.05, 0.1) is 0 Å². The lowest BCUT2D eigenvalue weighted by Gasteiger charge is -1.99. The van der Waals surface area contributed by atoms with Crippen LogP contribution in [-0.4, -0.2) is 6.23 Å². The van der Waals surface area contributed by atoms with Gasteiger partial charge in [0, 0.05) is 6.20 Å². The summed E-state index contributed by atoms with van der Waals surface area (Å²) in [4.78, 5) is 0. The largest absolute Gasteiger partial charge is 0.477 e. The Hall–Kier alpha value is -0.660. The van der Waals surface area contributed by atoms with Crippen LogP contribution in [0.1, 0.15) is 34.6 Å². The summed E-state index contributed by atoms with van der Waals surface area (Å²) in [5.41, 5.74) is 0. The van der Waals surface area contributed by atoms with Crippen molar-refractivity contribution in [2.45, 2.75) is 40.8 Å². The highest BCUT2D eigenvalue weighted by Gasteiger charge is 1.97. The fourth-order valence-electron chi connectivity index (χ4n) is 0.371. The summed E-state index contributed by atoms with van der Waals surface area (Å²) < 4.78 is 4.86. The third-order valence-electron chi connectivity index (χ3n) is 0.682. The lowest BCUT2D eigenvalue weighted by molar-refractivity contribution is 0.171. The van der Waals surface area contributed by atoms with Gasteiger partial charge < -0.3 is 10.1 Å². The molecule has 0 fully saturated rings. The first-order valence-corrected chi connectivity index (χ1v) is 3.96. The number of ether oxygens (including phenoxy) is 1. The second-order valence-corrected chi connectivity index (χ2v) is 1.25. The Bertz CT molecular complexity index is 63.7. The van der Waals surface area contributed by atoms with E-state index in [2.05, 4.69) is 5.32 Å². The molecule has 2 nitrogen and oxygen atoms in total. The minimum atomic E-state index is 0.185. The van der Waals surface area contributed by atoms with E-state index in [0.717, 1.165) is 0 Å². The van der Waals surface area contributed by atoms with E-state index in [1.54, 1.807) is 12.5 Å². The Morgan fingerprint density at radius 2 is 1.70 bits per heavy atom. The summed E-state index contributed by atoms with van der Waals surface area (Å²) in [5.74, 6) is 0. The van der Waals surface area contributed by atoms with Crippen LogP contribution in [0.15, 0.2) is 12.5 Å². The van der Waals surface area contributed by atoms with Crippen molar-refractivity contribution < 1.29 is 4.74 Å². The predicted octanol–water partition coefficient (Wildman–Crippen LogP) is 2.48. The average Bonchev–Trinajstić information content (AvgIpc) is 2.48. The maximum atomic E-state index is 4.86. The van der Waals surface area contributed by atoms with Gasteiger partial charge in [-0.25, -0.2) is 0 Å². The Morgan fingerprint density at radius 3 is 1.80 bits per heavy atom. The third kappa shape index (κ3) is 7.34. The molecule has 2 heteroatoms. The zero-order valence-electron chi connectivity index (χ0n) is 7.64. The maximum Gasteiger partial charge on any atom is 0.165 e. The van der Waals surface area contributed by atoms with Gasteiger partial charge in [0.25, 0.3) is 0 Å². The van der Waals surface area contributed by atoms with Crippen molar-refractivity contribution in [3.05, 3.63) is 12.5 Å². The molecule has 0 bridgehead atoms. The van der Waals surface area contributed by atoms with Crippen LogP contribution < -0.4 is 5.32 Å². The smallest absolute Gasteiger partial charge is 0.165 e. The van der Waals surface area contributed by atoms with Gasteiger partial charge in [-0.1, -0.05) is 27.7 Å². The highest BCUT2D eigenvalue weighted by atomic mass is 16.5. The molecule has 0 aromatic rings. The zero-order chi connectivity index (χ0) is 8.41. The first-order valence-electron chi connectivity index (χ1n) is 3.96. The Kier molecular flexibility index (Phi) is 13.5. The molecule has 1 unspecified atom stereocenters. The Balaban J connectivity index is 0. The Labute approximate surface area is 64.3 Å². The molecule has 0 radical (unpaired) electrons. The highest BCUT2D eigenvalue weighted by molar-refractivity contribution is 4.78. The van der Waals surface area contributed by atoms with E-state index < -0.39 is 0 Å².